The van der Waals surface area contributed by atoms with Crippen LogP contribution >= 0.6 is 0 Å². The minimum Gasteiger partial charge on any atom is -0.356 e. The van der Waals surface area contributed by atoms with Crippen molar-refractivity contribution < 1.29 is 9.59 Å². The van der Waals surface area contributed by atoms with Crippen LogP contribution in [0.5, 0.6) is 0 Å². The van der Waals surface area contributed by atoms with Crippen molar-refractivity contribution in [2.45, 2.75) is 26.2 Å². The van der Waals surface area contributed by atoms with Gasteiger partial charge in [-0.2, -0.15) is 0 Å². The lowest BCUT2D eigenvalue weighted by Gasteiger charge is -2.07. The number of hydrogen-bond acceptors (Lipinski definition) is 2. The first-order valence-corrected chi connectivity index (χ1v) is 7.24. The van der Waals surface area contributed by atoms with E-state index in [1.165, 1.54) is 0 Å². The van der Waals surface area contributed by atoms with Crippen molar-refractivity contribution in [2.75, 3.05) is 11.9 Å². The van der Waals surface area contributed by atoms with Gasteiger partial charge < -0.3 is 10.6 Å². The zero-order chi connectivity index (χ0) is 15.1. The van der Waals surface area contributed by atoms with Crippen LogP contribution in [-0.4, -0.2) is 18.4 Å². The molecule has 0 atom stereocenters. The number of rotatable bonds is 6. The summed E-state index contributed by atoms with van der Waals surface area (Å²) in [5.74, 6) is -0.0130. The fourth-order valence-electron chi connectivity index (χ4n) is 2.09. The van der Waals surface area contributed by atoms with Crippen molar-refractivity contribution >= 4 is 28.3 Å². The molecule has 4 nitrogen and oxygen atoms in total. The molecule has 2 N–H and O–H groups in total. The van der Waals surface area contributed by atoms with E-state index in [1.54, 1.807) is 0 Å². The lowest BCUT2D eigenvalue weighted by atomic mass is 10.1. The van der Waals surface area contributed by atoms with Crippen LogP contribution in [0, 0.1) is 0 Å². The molecular weight excluding hydrogens is 264 g/mol. The fourth-order valence-corrected chi connectivity index (χ4v) is 2.09. The predicted octanol–water partition coefficient (Wildman–Crippen LogP) is 3.08. The smallest absolute Gasteiger partial charge is 0.224 e. The van der Waals surface area contributed by atoms with Gasteiger partial charge in [0, 0.05) is 25.1 Å². The molecule has 0 radical (unpaired) electrons. The summed E-state index contributed by atoms with van der Waals surface area (Å²) in [7, 11) is 0. The Balaban J connectivity index is 1.82. The Morgan fingerprint density at radius 2 is 1.76 bits per heavy atom. The number of carbonyl (C=O) groups excluding carboxylic acids is 2. The van der Waals surface area contributed by atoms with Gasteiger partial charge in [0.1, 0.15) is 0 Å². The molecule has 2 aromatic carbocycles. The van der Waals surface area contributed by atoms with Gasteiger partial charge in [0.2, 0.25) is 11.8 Å². The monoisotopic (exact) mass is 284 g/mol. The van der Waals surface area contributed by atoms with Gasteiger partial charge in [0.15, 0.2) is 0 Å². The molecule has 0 saturated heterocycles. The van der Waals surface area contributed by atoms with Crippen molar-refractivity contribution in [2.24, 2.45) is 0 Å². The zero-order valence-corrected chi connectivity index (χ0v) is 12.2. The van der Waals surface area contributed by atoms with E-state index in [-0.39, 0.29) is 11.8 Å². The summed E-state index contributed by atoms with van der Waals surface area (Å²) in [6, 6.07) is 13.9. The molecule has 0 aliphatic rings. The van der Waals surface area contributed by atoms with Crippen molar-refractivity contribution in [1.29, 1.82) is 0 Å². The highest BCUT2D eigenvalue weighted by Crippen LogP contribution is 2.18. The molecule has 2 amide bonds. The second-order valence-corrected chi connectivity index (χ2v) is 4.92. The Hall–Kier alpha value is -2.36. The van der Waals surface area contributed by atoms with Crippen LogP contribution < -0.4 is 10.6 Å². The summed E-state index contributed by atoms with van der Waals surface area (Å²) in [6.07, 6.45) is 1.52. The molecule has 110 valence electrons. The normalized spacial score (nSPS) is 10.3. The number of carbonyl (C=O) groups is 2. The quantitative estimate of drug-likeness (QED) is 0.801. The average molecular weight is 284 g/mol. The van der Waals surface area contributed by atoms with Crippen molar-refractivity contribution in [3.63, 3.8) is 0 Å². The van der Waals surface area contributed by atoms with Crippen molar-refractivity contribution in [3.05, 3.63) is 42.5 Å². The Kier molecular flexibility index (Phi) is 5.32. The Morgan fingerprint density at radius 3 is 2.52 bits per heavy atom. The van der Waals surface area contributed by atoms with Gasteiger partial charge >= 0.3 is 0 Å². The Morgan fingerprint density at radius 1 is 1.00 bits per heavy atom. The Bertz CT molecular complexity index is 637. The van der Waals surface area contributed by atoms with Gasteiger partial charge in [-0.3, -0.25) is 9.59 Å². The van der Waals surface area contributed by atoms with Crippen molar-refractivity contribution in [3.8, 4) is 0 Å². The third kappa shape index (κ3) is 4.60. The van der Waals surface area contributed by atoms with Gasteiger partial charge in [-0.05, 0) is 29.3 Å². The molecule has 4 heteroatoms. The number of fused-ring (bicyclic) bond motifs is 1. The van der Waals surface area contributed by atoms with Gasteiger partial charge in [-0.25, -0.2) is 0 Å². The SMILES string of the molecule is CCC(=O)NCCCC(=O)Nc1ccc2ccccc2c1. The van der Waals surface area contributed by atoms with E-state index in [0.717, 1.165) is 16.5 Å². The Labute approximate surface area is 124 Å². The highest BCUT2D eigenvalue weighted by molar-refractivity contribution is 5.94. The minimum atomic E-state index is -0.0315. The maximum Gasteiger partial charge on any atom is 0.224 e. The maximum absolute atomic E-state index is 11.8. The minimum absolute atomic E-state index is 0.0185. The topological polar surface area (TPSA) is 58.2 Å². The highest BCUT2D eigenvalue weighted by atomic mass is 16.2. The summed E-state index contributed by atoms with van der Waals surface area (Å²) in [5.41, 5.74) is 0.802. The summed E-state index contributed by atoms with van der Waals surface area (Å²) < 4.78 is 0. The van der Waals surface area contributed by atoms with Crippen LogP contribution in [0.2, 0.25) is 0 Å². The average Bonchev–Trinajstić information content (AvgIpc) is 2.51. The molecule has 0 unspecified atom stereocenters. The first kappa shape index (κ1) is 15.0. The molecule has 0 heterocycles. The van der Waals surface area contributed by atoms with Crippen LogP contribution in [0.1, 0.15) is 26.2 Å². The van der Waals surface area contributed by atoms with Crippen LogP contribution in [-0.2, 0) is 9.59 Å². The van der Waals surface area contributed by atoms with Crippen molar-refractivity contribution in [1.82, 2.24) is 5.32 Å². The molecule has 0 saturated carbocycles. The fraction of sp³-hybridized carbons (Fsp3) is 0.294. The molecule has 2 aromatic rings. The van der Waals surface area contributed by atoms with Crippen LogP contribution in [0.15, 0.2) is 42.5 Å². The second-order valence-electron chi connectivity index (χ2n) is 4.92. The number of hydrogen-bond donors (Lipinski definition) is 2. The standard InChI is InChI=1S/C17H20N2O2/c1-2-16(20)18-11-5-8-17(21)19-15-10-9-13-6-3-4-7-14(13)12-15/h3-4,6-7,9-10,12H,2,5,8,11H2,1H3,(H,18,20)(H,19,21). The number of nitrogens with one attached hydrogen (secondary N) is 2. The van der Waals surface area contributed by atoms with E-state index in [1.807, 2.05) is 49.4 Å². The van der Waals surface area contributed by atoms with E-state index in [9.17, 15) is 9.59 Å². The van der Waals surface area contributed by atoms with Gasteiger partial charge in [0.05, 0.1) is 0 Å². The summed E-state index contributed by atoms with van der Waals surface area (Å²) in [6.45, 7) is 2.35. The molecule has 0 spiro atoms. The zero-order valence-electron chi connectivity index (χ0n) is 12.2. The molecule has 0 aromatic heterocycles. The molecule has 0 fully saturated rings. The largest absolute Gasteiger partial charge is 0.356 e. The first-order valence-electron chi connectivity index (χ1n) is 7.24. The van der Waals surface area contributed by atoms with Crippen LogP contribution in [0.3, 0.4) is 0 Å². The summed E-state index contributed by atoms with van der Waals surface area (Å²) >= 11 is 0. The van der Waals surface area contributed by atoms with Crippen LogP contribution in [0.4, 0.5) is 5.69 Å². The third-order valence-electron chi connectivity index (χ3n) is 3.26. The number of anilines is 1. The third-order valence-corrected chi connectivity index (χ3v) is 3.26. The van der Waals surface area contributed by atoms with Gasteiger partial charge in [0.25, 0.3) is 0 Å². The van der Waals surface area contributed by atoms with Gasteiger partial charge in [-0.15, -0.1) is 0 Å². The highest BCUT2D eigenvalue weighted by Gasteiger charge is 2.03. The lowest BCUT2D eigenvalue weighted by molar-refractivity contribution is -0.121. The number of benzene rings is 2. The maximum atomic E-state index is 11.8. The molecular formula is C17H20N2O2. The van der Waals surface area contributed by atoms with Gasteiger partial charge in [-0.1, -0.05) is 37.3 Å². The molecule has 0 aliphatic carbocycles. The van der Waals surface area contributed by atoms with E-state index in [4.69, 9.17) is 0 Å². The molecule has 0 bridgehead atoms. The van der Waals surface area contributed by atoms with Crippen LogP contribution in [0.25, 0.3) is 10.8 Å². The van der Waals surface area contributed by atoms with E-state index in [0.29, 0.717) is 25.8 Å². The first-order chi connectivity index (χ1) is 10.2. The molecule has 0 aliphatic heterocycles. The second kappa shape index (κ2) is 7.43. The summed E-state index contributed by atoms with van der Waals surface area (Å²) in [5, 5.41) is 7.89. The summed E-state index contributed by atoms with van der Waals surface area (Å²) in [4.78, 5) is 22.9. The lowest BCUT2D eigenvalue weighted by Crippen LogP contribution is -2.24. The number of amides is 2. The van der Waals surface area contributed by atoms with E-state index in [2.05, 4.69) is 10.6 Å². The van der Waals surface area contributed by atoms with E-state index >= 15 is 0 Å². The molecule has 21 heavy (non-hydrogen) atoms. The molecule has 2 rings (SSSR count). The predicted molar refractivity (Wildman–Crippen MR) is 85.1 cm³/mol. The van der Waals surface area contributed by atoms with E-state index < -0.39 is 0 Å².